The highest BCUT2D eigenvalue weighted by molar-refractivity contribution is 5.97. The van der Waals surface area contributed by atoms with Crippen molar-refractivity contribution in [2.45, 2.75) is 31.8 Å². The normalized spacial score (nSPS) is 14.4. The van der Waals surface area contributed by atoms with E-state index in [4.69, 9.17) is 4.74 Å². The first-order valence-corrected chi connectivity index (χ1v) is 9.65. The van der Waals surface area contributed by atoms with Gasteiger partial charge in [-0.15, -0.1) is 0 Å². The fourth-order valence-corrected chi connectivity index (χ4v) is 3.11. The summed E-state index contributed by atoms with van der Waals surface area (Å²) in [5.41, 5.74) is 1.45. The molecule has 0 bridgehead atoms. The Labute approximate surface area is 165 Å². The van der Waals surface area contributed by atoms with E-state index in [1.807, 2.05) is 61.5 Å². The van der Waals surface area contributed by atoms with Crippen LogP contribution in [-0.4, -0.2) is 43.0 Å². The minimum atomic E-state index is -0.596. The lowest BCUT2D eigenvalue weighted by Crippen LogP contribution is -2.41. The standard InChI is InChI=1S/C22H27N3O3/c1-3-28-19-12-8-7-11-18(19)24-22(27)21(16-9-5-4-6-10-16)25(2)15-20(26)23-17-13-14-17/h4-12,17,21H,3,13-15H2,1-2H3,(H,23,26)(H,24,27). The van der Waals surface area contributed by atoms with Gasteiger partial charge in [-0.1, -0.05) is 42.5 Å². The first-order chi connectivity index (χ1) is 13.6. The molecule has 0 aromatic heterocycles. The van der Waals surface area contributed by atoms with Gasteiger partial charge in [-0.2, -0.15) is 0 Å². The van der Waals surface area contributed by atoms with Crippen molar-refractivity contribution >= 4 is 17.5 Å². The highest BCUT2D eigenvalue weighted by atomic mass is 16.5. The third kappa shape index (κ3) is 5.33. The molecule has 0 heterocycles. The molecule has 2 N–H and O–H groups in total. The maximum Gasteiger partial charge on any atom is 0.246 e. The predicted octanol–water partition coefficient (Wildman–Crippen LogP) is 2.98. The molecular weight excluding hydrogens is 354 g/mol. The van der Waals surface area contributed by atoms with Gasteiger partial charge in [0, 0.05) is 6.04 Å². The number of amides is 2. The van der Waals surface area contributed by atoms with Crippen molar-refractivity contribution < 1.29 is 14.3 Å². The molecule has 1 fully saturated rings. The Kier molecular flexibility index (Phi) is 6.66. The van der Waals surface area contributed by atoms with Gasteiger partial charge in [0.05, 0.1) is 18.8 Å². The molecule has 1 saturated carbocycles. The van der Waals surface area contributed by atoms with Crippen molar-refractivity contribution in [1.29, 1.82) is 0 Å². The summed E-state index contributed by atoms with van der Waals surface area (Å²) < 4.78 is 5.61. The third-order valence-electron chi connectivity index (χ3n) is 4.58. The molecule has 0 saturated heterocycles. The molecule has 0 aliphatic heterocycles. The first-order valence-electron chi connectivity index (χ1n) is 9.65. The van der Waals surface area contributed by atoms with Crippen LogP contribution < -0.4 is 15.4 Å². The van der Waals surface area contributed by atoms with Crippen molar-refractivity contribution in [1.82, 2.24) is 10.2 Å². The van der Waals surface area contributed by atoms with E-state index >= 15 is 0 Å². The summed E-state index contributed by atoms with van der Waals surface area (Å²) in [6, 6.07) is 16.5. The molecule has 1 aliphatic rings. The number of nitrogens with one attached hydrogen (secondary N) is 2. The second-order valence-corrected chi connectivity index (χ2v) is 6.99. The lowest BCUT2D eigenvalue weighted by Gasteiger charge is -2.27. The molecule has 2 aromatic carbocycles. The summed E-state index contributed by atoms with van der Waals surface area (Å²) in [6.07, 6.45) is 2.07. The van der Waals surface area contributed by atoms with Crippen molar-refractivity contribution in [2.24, 2.45) is 0 Å². The second-order valence-electron chi connectivity index (χ2n) is 6.99. The highest BCUT2D eigenvalue weighted by Gasteiger charge is 2.29. The Hall–Kier alpha value is -2.86. The zero-order valence-electron chi connectivity index (χ0n) is 16.4. The zero-order chi connectivity index (χ0) is 19.9. The second kappa shape index (κ2) is 9.37. The number of carbonyl (C=O) groups is 2. The Morgan fingerprint density at radius 3 is 2.46 bits per heavy atom. The fourth-order valence-electron chi connectivity index (χ4n) is 3.11. The number of likely N-dealkylation sites (N-methyl/N-ethyl adjacent to an activating group) is 1. The summed E-state index contributed by atoms with van der Waals surface area (Å²) in [5.74, 6) is 0.354. The Bertz CT molecular complexity index is 806. The molecule has 1 atom stereocenters. The van der Waals surface area contributed by atoms with Gasteiger partial charge in [0.15, 0.2) is 0 Å². The van der Waals surface area contributed by atoms with E-state index in [1.165, 1.54) is 0 Å². The summed E-state index contributed by atoms with van der Waals surface area (Å²) in [4.78, 5) is 27.2. The molecule has 1 aliphatic carbocycles. The average Bonchev–Trinajstić information content (AvgIpc) is 3.48. The minimum absolute atomic E-state index is 0.0616. The molecular formula is C22H27N3O3. The van der Waals surface area contributed by atoms with Crippen LogP contribution in [0.15, 0.2) is 54.6 Å². The molecule has 0 radical (unpaired) electrons. The molecule has 1 unspecified atom stereocenters. The number of nitrogens with zero attached hydrogens (tertiary/aromatic N) is 1. The van der Waals surface area contributed by atoms with Crippen molar-refractivity contribution in [3.63, 3.8) is 0 Å². The van der Waals surface area contributed by atoms with E-state index < -0.39 is 6.04 Å². The van der Waals surface area contributed by atoms with E-state index in [0.717, 1.165) is 18.4 Å². The number of ether oxygens (including phenoxy) is 1. The smallest absolute Gasteiger partial charge is 0.246 e. The van der Waals surface area contributed by atoms with Gasteiger partial charge in [-0.05, 0) is 44.5 Å². The zero-order valence-corrected chi connectivity index (χ0v) is 16.4. The van der Waals surface area contributed by atoms with Crippen LogP contribution in [-0.2, 0) is 9.59 Å². The van der Waals surface area contributed by atoms with Gasteiger partial charge in [-0.3, -0.25) is 14.5 Å². The summed E-state index contributed by atoms with van der Waals surface area (Å²) >= 11 is 0. The maximum atomic E-state index is 13.2. The van der Waals surface area contributed by atoms with Crippen LogP contribution in [0.3, 0.4) is 0 Å². The quantitative estimate of drug-likeness (QED) is 0.701. The van der Waals surface area contributed by atoms with Gasteiger partial charge in [0.2, 0.25) is 11.8 Å². The summed E-state index contributed by atoms with van der Waals surface area (Å²) in [5, 5.41) is 5.94. The molecule has 0 spiro atoms. The molecule has 28 heavy (non-hydrogen) atoms. The number of benzene rings is 2. The number of para-hydroxylation sites is 2. The number of anilines is 1. The Balaban J connectivity index is 1.78. The topological polar surface area (TPSA) is 70.7 Å². The first kappa shape index (κ1) is 19.9. The van der Waals surface area contributed by atoms with Crippen LogP contribution >= 0.6 is 0 Å². The maximum absolute atomic E-state index is 13.2. The largest absolute Gasteiger partial charge is 0.492 e. The van der Waals surface area contributed by atoms with Crippen LogP contribution in [0.1, 0.15) is 31.4 Å². The number of hydrogen-bond donors (Lipinski definition) is 2. The SMILES string of the molecule is CCOc1ccccc1NC(=O)C(c1ccccc1)N(C)CC(=O)NC1CC1. The molecule has 3 rings (SSSR count). The van der Waals surface area contributed by atoms with E-state index in [1.54, 1.807) is 11.9 Å². The minimum Gasteiger partial charge on any atom is -0.492 e. The van der Waals surface area contributed by atoms with Crippen molar-refractivity contribution in [2.75, 3.05) is 25.5 Å². The van der Waals surface area contributed by atoms with E-state index in [-0.39, 0.29) is 18.4 Å². The van der Waals surface area contributed by atoms with E-state index in [9.17, 15) is 9.59 Å². The molecule has 148 valence electrons. The number of rotatable bonds is 9. The molecule has 6 heteroatoms. The van der Waals surface area contributed by atoms with Gasteiger partial charge in [-0.25, -0.2) is 0 Å². The van der Waals surface area contributed by atoms with E-state index in [2.05, 4.69) is 10.6 Å². The lowest BCUT2D eigenvalue weighted by atomic mass is 10.0. The number of carbonyl (C=O) groups excluding carboxylic acids is 2. The monoisotopic (exact) mass is 381 g/mol. The van der Waals surface area contributed by atoms with Crippen molar-refractivity contribution in [3.8, 4) is 5.75 Å². The summed E-state index contributed by atoms with van der Waals surface area (Å²) in [6.45, 7) is 2.56. The van der Waals surface area contributed by atoms with Crippen LogP contribution in [0.2, 0.25) is 0 Å². The molecule has 2 aromatic rings. The van der Waals surface area contributed by atoms with E-state index in [0.29, 0.717) is 24.1 Å². The molecule has 2 amide bonds. The lowest BCUT2D eigenvalue weighted by molar-refractivity contribution is -0.125. The Morgan fingerprint density at radius 2 is 1.79 bits per heavy atom. The van der Waals surface area contributed by atoms with Crippen LogP contribution in [0, 0.1) is 0 Å². The van der Waals surface area contributed by atoms with Gasteiger partial charge in [0.1, 0.15) is 11.8 Å². The van der Waals surface area contributed by atoms with Gasteiger partial charge in [0.25, 0.3) is 0 Å². The average molecular weight is 381 g/mol. The molecule has 6 nitrogen and oxygen atoms in total. The Morgan fingerprint density at radius 1 is 1.11 bits per heavy atom. The van der Waals surface area contributed by atoms with Crippen molar-refractivity contribution in [3.05, 3.63) is 60.2 Å². The van der Waals surface area contributed by atoms with Crippen LogP contribution in [0.4, 0.5) is 5.69 Å². The third-order valence-corrected chi connectivity index (χ3v) is 4.58. The highest BCUT2D eigenvalue weighted by Crippen LogP contribution is 2.27. The van der Waals surface area contributed by atoms with Crippen LogP contribution in [0.5, 0.6) is 5.75 Å². The van der Waals surface area contributed by atoms with Gasteiger partial charge >= 0.3 is 0 Å². The number of hydrogen-bond acceptors (Lipinski definition) is 4. The summed E-state index contributed by atoms with van der Waals surface area (Å²) in [7, 11) is 1.79. The predicted molar refractivity (Wildman–Crippen MR) is 109 cm³/mol. The van der Waals surface area contributed by atoms with Crippen LogP contribution in [0.25, 0.3) is 0 Å². The fraction of sp³-hybridized carbons (Fsp3) is 0.364. The van der Waals surface area contributed by atoms with Gasteiger partial charge < -0.3 is 15.4 Å².